The van der Waals surface area contributed by atoms with E-state index in [2.05, 4.69) is 10.4 Å². The smallest absolute Gasteiger partial charge is 0.266 e. The highest BCUT2D eigenvalue weighted by Crippen LogP contribution is 2.13. The molecule has 0 aliphatic carbocycles. The summed E-state index contributed by atoms with van der Waals surface area (Å²) >= 11 is 0. The Hall–Kier alpha value is -3.28. The third-order valence-electron chi connectivity index (χ3n) is 3.66. The fourth-order valence-electron chi connectivity index (χ4n) is 2.39. The largest absolute Gasteiger partial charge is 0.350 e. The lowest BCUT2D eigenvalue weighted by Crippen LogP contribution is -2.32. The van der Waals surface area contributed by atoms with Crippen molar-refractivity contribution in [2.45, 2.75) is 6.54 Å². The van der Waals surface area contributed by atoms with Crippen LogP contribution in [0.15, 0.2) is 71.5 Å². The highest BCUT2D eigenvalue weighted by molar-refractivity contribution is 5.94. The lowest BCUT2D eigenvalue weighted by atomic mass is 10.1. The topological polar surface area (TPSA) is 64.0 Å². The number of nitrogens with zero attached hydrogens (tertiary/aromatic N) is 2. The standard InChI is InChI=1S/C19H16FN3O2/c20-16-9-5-4-8-15(16)19(25)21-12-13-23-18(24)11-10-17(22-23)14-6-2-1-3-7-14/h1-11H,12-13H2,(H,21,25). The van der Waals surface area contributed by atoms with Crippen LogP contribution < -0.4 is 10.9 Å². The van der Waals surface area contributed by atoms with Gasteiger partial charge in [0, 0.05) is 18.2 Å². The number of hydrogen-bond donors (Lipinski definition) is 1. The summed E-state index contributed by atoms with van der Waals surface area (Å²) in [5.74, 6) is -1.10. The first-order chi connectivity index (χ1) is 12.1. The van der Waals surface area contributed by atoms with E-state index in [-0.39, 0.29) is 24.2 Å². The normalized spacial score (nSPS) is 10.4. The molecule has 0 bridgehead atoms. The molecule has 1 heterocycles. The van der Waals surface area contributed by atoms with Gasteiger partial charge in [0.25, 0.3) is 11.5 Å². The van der Waals surface area contributed by atoms with E-state index in [0.717, 1.165) is 5.56 Å². The number of aromatic nitrogens is 2. The fraction of sp³-hybridized carbons (Fsp3) is 0.105. The highest BCUT2D eigenvalue weighted by atomic mass is 19.1. The van der Waals surface area contributed by atoms with Crippen molar-refractivity contribution in [3.8, 4) is 11.3 Å². The molecule has 3 rings (SSSR count). The van der Waals surface area contributed by atoms with Crippen LogP contribution >= 0.6 is 0 Å². The van der Waals surface area contributed by atoms with E-state index in [0.29, 0.717) is 5.69 Å². The number of halogens is 1. The first-order valence-electron chi connectivity index (χ1n) is 7.81. The van der Waals surface area contributed by atoms with Gasteiger partial charge in [-0.1, -0.05) is 42.5 Å². The van der Waals surface area contributed by atoms with Gasteiger partial charge in [-0.15, -0.1) is 0 Å². The van der Waals surface area contributed by atoms with Crippen molar-refractivity contribution in [2.75, 3.05) is 6.54 Å². The first kappa shape index (κ1) is 16.6. The van der Waals surface area contributed by atoms with Crippen molar-refractivity contribution in [3.05, 3.63) is 88.5 Å². The number of hydrogen-bond acceptors (Lipinski definition) is 3. The van der Waals surface area contributed by atoms with Crippen LogP contribution in [0, 0.1) is 5.82 Å². The summed E-state index contributed by atoms with van der Waals surface area (Å²) in [6, 6.07) is 18.3. The van der Waals surface area contributed by atoms with Gasteiger partial charge in [0.2, 0.25) is 0 Å². The second-order valence-electron chi connectivity index (χ2n) is 5.38. The van der Waals surface area contributed by atoms with E-state index in [4.69, 9.17) is 0 Å². The molecule has 0 radical (unpaired) electrons. The van der Waals surface area contributed by atoms with E-state index in [1.165, 1.54) is 28.9 Å². The summed E-state index contributed by atoms with van der Waals surface area (Å²) in [6.45, 7) is 0.359. The molecule has 3 aromatic rings. The molecule has 6 heteroatoms. The van der Waals surface area contributed by atoms with Crippen LogP contribution in [0.5, 0.6) is 0 Å². The van der Waals surface area contributed by atoms with Crippen LogP contribution in [0.4, 0.5) is 4.39 Å². The van der Waals surface area contributed by atoms with Gasteiger partial charge in [0.15, 0.2) is 0 Å². The molecule has 126 valence electrons. The Kier molecular flexibility index (Phi) is 4.99. The molecule has 0 aliphatic rings. The van der Waals surface area contributed by atoms with Crippen LogP contribution in [-0.4, -0.2) is 22.2 Å². The molecule has 2 aromatic carbocycles. The Labute approximate surface area is 143 Å². The molecule has 0 aliphatic heterocycles. The molecule has 1 aromatic heterocycles. The molecule has 0 unspecified atom stereocenters. The number of carbonyl (C=O) groups excluding carboxylic acids is 1. The fourth-order valence-corrected chi connectivity index (χ4v) is 2.39. The molecular weight excluding hydrogens is 321 g/mol. The highest BCUT2D eigenvalue weighted by Gasteiger charge is 2.10. The van der Waals surface area contributed by atoms with Crippen molar-refractivity contribution in [3.63, 3.8) is 0 Å². The Morgan fingerprint density at radius 2 is 1.72 bits per heavy atom. The minimum absolute atomic E-state index is 0.0270. The minimum atomic E-state index is -0.582. The lowest BCUT2D eigenvalue weighted by Gasteiger charge is -2.09. The summed E-state index contributed by atoms with van der Waals surface area (Å²) in [4.78, 5) is 23.9. The maximum atomic E-state index is 13.6. The van der Waals surface area contributed by atoms with Gasteiger partial charge in [-0.05, 0) is 18.2 Å². The van der Waals surface area contributed by atoms with E-state index < -0.39 is 11.7 Å². The molecule has 0 saturated carbocycles. The van der Waals surface area contributed by atoms with Crippen LogP contribution in [0.1, 0.15) is 10.4 Å². The summed E-state index contributed by atoms with van der Waals surface area (Å²) in [5, 5.41) is 6.90. The molecule has 0 fully saturated rings. The minimum Gasteiger partial charge on any atom is -0.350 e. The van der Waals surface area contributed by atoms with Crippen molar-refractivity contribution in [2.24, 2.45) is 0 Å². The summed E-state index contributed by atoms with van der Waals surface area (Å²) < 4.78 is 14.8. The zero-order chi connectivity index (χ0) is 17.6. The SMILES string of the molecule is O=C(NCCn1nc(-c2ccccc2)ccc1=O)c1ccccc1F. The van der Waals surface area contributed by atoms with Crippen LogP contribution in [0.3, 0.4) is 0 Å². The van der Waals surface area contributed by atoms with Crippen molar-refractivity contribution >= 4 is 5.91 Å². The molecule has 0 saturated heterocycles. The summed E-state index contributed by atoms with van der Waals surface area (Å²) in [6.07, 6.45) is 0. The number of benzene rings is 2. The van der Waals surface area contributed by atoms with E-state index in [1.807, 2.05) is 30.3 Å². The van der Waals surface area contributed by atoms with E-state index in [1.54, 1.807) is 12.1 Å². The molecule has 1 N–H and O–H groups in total. The number of amides is 1. The summed E-state index contributed by atoms with van der Waals surface area (Å²) in [7, 11) is 0. The molecule has 1 amide bonds. The first-order valence-corrected chi connectivity index (χ1v) is 7.81. The van der Waals surface area contributed by atoms with Gasteiger partial charge >= 0.3 is 0 Å². The molecule has 5 nitrogen and oxygen atoms in total. The monoisotopic (exact) mass is 337 g/mol. The predicted molar refractivity (Wildman–Crippen MR) is 92.7 cm³/mol. The van der Waals surface area contributed by atoms with E-state index >= 15 is 0 Å². The van der Waals surface area contributed by atoms with Crippen LogP contribution in [0.25, 0.3) is 11.3 Å². The van der Waals surface area contributed by atoms with Crippen LogP contribution in [0.2, 0.25) is 0 Å². The van der Waals surface area contributed by atoms with Gasteiger partial charge < -0.3 is 5.32 Å². The quantitative estimate of drug-likeness (QED) is 0.778. The zero-order valence-corrected chi connectivity index (χ0v) is 13.4. The van der Waals surface area contributed by atoms with E-state index in [9.17, 15) is 14.0 Å². The second-order valence-corrected chi connectivity index (χ2v) is 5.38. The lowest BCUT2D eigenvalue weighted by molar-refractivity contribution is 0.0947. The maximum absolute atomic E-state index is 13.6. The Balaban J connectivity index is 1.68. The van der Waals surface area contributed by atoms with Gasteiger partial charge in [0.05, 0.1) is 17.8 Å². The Morgan fingerprint density at radius 1 is 1.00 bits per heavy atom. The second kappa shape index (κ2) is 7.53. The third kappa shape index (κ3) is 3.98. The Bertz CT molecular complexity index is 939. The molecule has 25 heavy (non-hydrogen) atoms. The van der Waals surface area contributed by atoms with Gasteiger partial charge in [-0.2, -0.15) is 5.10 Å². The molecule has 0 spiro atoms. The average Bonchev–Trinajstić information content (AvgIpc) is 2.64. The molecule has 0 atom stereocenters. The van der Waals surface area contributed by atoms with Crippen molar-refractivity contribution in [1.82, 2.24) is 15.1 Å². The average molecular weight is 337 g/mol. The maximum Gasteiger partial charge on any atom is 0.266 e. The summed E-state index contributed by atoms with van der Waals surface area (Å²) in [5.41, 5.74) is 1.27. The number of rotatable bonds is 5. The molecular formula is C19H16FN3O2. The zero-order valence-electron chi connectivity index (χ0n) is 13.4. The van der Waals surface area contributed by atoms with Crippen molar-refractivity contribution < 1.29 is 9.18 Å². The van der Waals surface area contributed by atoms with Gasteiger partial charge in [-0.25, -0.2) is 9.07 Å². The van der Waals surface area contributed by atoms with Gasteiger partial charge in [-0.3, -0.25) is 9.59 Å². The predicted octanol–water partition coefficient (Wildman–Crippen LogP) is 2.48. The Morgan fingerprint density at radius 3 is 2.48 bits per heavy atom. The third-order valence-corrected chi connectivity index (χ3v) is 3.66. The number of nitrogens with one attached hydrogen (secondary N) is 1. The number of carbonyl (C=O) groups is 1. The van der Waals surface area contributed by atoms with Crippen LogP contribution in [-0.2, 0) is 6.54 Å². The van der Waals surface area contributed by atoms with Gasteiger partial charge in [0.1, 0.15) is 5.82 Å². The van der Waals surface area contributed by atoms with Crippen molar-refractivity contribution in [1.29, 1.82) is 0 Å².